The van der Waals surface area contributed by atoms with Crippen molar-refractivity contribution >= 4 is 52.0 Å². The number of thiophene rings is 1. The smallest absolute Gasteiger partial charge is 0.248 e. The highest BCUT2D eigenvalue weighted by Crippen LogP contribution is 2.35. The van der Waals surface area contributed by atoms with Crippen LogP contribution in [0.4, 0.5) is 10.1 Å². The Morgan fingerprint density at radius 2 is 1.85 bits per heavy atom. The number of carbonyl (C=O) groups is 2. The molecule has 8 heteroatoms. The topological polar surface area (TPSA) is 49.4 Å². The van der Waals surface area contributed by atoms with E-state index in [2.05, 4.69) is 5.32 Å². The fraction of sp³-hybridized carbons (Fsp3) is 0.308. The first-order valence-corrected chi connectivity index (χ1v) is 12.9. The average Bonchev–Trinajstić information content (AvgIpc) is 3.32. The van der Waals surface area contributed by atoms with Crippen LogP contribution in [0.15, 0.2) is 60.0 Å². The first-order chi connectivity index (χ1) is 16.4. The van der Waals surface area contributed by atoms with Crippen molar-refractivity contribution in [3.8, 4) is 0 Å². The van der Waals surface area contributed by atoms with Crippen LogP contribution < -0.4 is 10.2 Å². The zero-order chi connectivity index (χ0) is 24.1. The van der Waals surface area contributed by atoms with Crippen molar-refractivity contribution in [2.24, 2.45) is 0 Å². The lowest BCUT2D eigenvalue weighted by Gasteiger charge is -2.34. The second kappa shape index (κ2) is 11.3. The van der Waals surface area contributed by atoms with Crippen LogP contribution in [0.3, 0.4) is 0 Å². The Morgan fingerprint density at radius 3 is 2.56 bits per heavy atom. The first-order valence-electron chi connectivity index (χ1n) is 11.3. The van der Waals surface area contributed by atoms with Crippen LogP contribution in [0.25, 0.3) is 0 Å². The number of carbonyl (C=O) groups excluding carboxylic acids is 2. The third kappa shape index (κ3) is 5.98. The lowest BCUT2D eigenvalue weighted by Crippen LogP contribution is -2.47. The van der Waals surface area contributed by atoms with E-state index in [9.17, 15) is 14.0 Å². The molecule has 2 amide bonds. The zero-order valence-electron chi connectivity index (χ0n) is 18.5. The van der Waals surface area contributed by atoms with E-state index in [1.165, 1.54) is 34.4 Å². The van der Waals surface area contributed by atoms with Gasteiger partial charge in [-0.25, -0.2) is 4.39 Å². The molecule has 0 saturated heterocycles. The molecular formula is C26H25Cl2FN2O2S. The normalized spacial score (nSPS) is 15.0. The Kier molecular flexibility index (Phi) is 8.24. The molecule has 1 aromatic heterocycles. The van der Waals surface area contributed by atoms with Crippen LogP contribution in [0.5, 0.6) is 0 Å². The van der Waals surface area contributed by atoms with E-state index >= 15 is 0 Å². The van der Waals surface area contributed by atoms with Crippen molar-refractivity contribution in [3.05, 3.63) is 86.3 Å². The standard InChI is InChI=1S/C26H25Cl2FN2O2S/c27-17-11-12-23(28)22(14-17)25(26(33)30-19-7-2-1-3-8-19)31(20-9-4-6-18(29)15-20)24(32)16-21-10-5-13-34-21/h4-6,9-15,19,25H,1-3,7-8,16H2,(H,30,33). The van der Waals surface area contributed by atoms with E-state index < -0.39 is 11.9 Å². The number of hydrogen-bond donors (Lipinski definition) is 1. The molecule has 2 aromatic carbocycles. The Labute approximate surface area is 212 Å². The molecule has 0 bridgehead atoms. The third-order valence-electron chi connectivity index (χ3n) is 5.97. The predicted molar refractivity (Wildman–Crippen MR) is 136 cm³/mol. The molecular weight excluding hydrogens is 494 g/mol. The van der Waals surface area contributed by atoms with Crippen molar-refractivity contribution in [2.45, 2.75) is 50.6 Å². The number of halogens is 3. The summed E-state index contributed by atoms with van der Waals surface area (Å²) in [5, 5.41) is 5.70. The minimum absolute atomic E-state index is 0.0171. The Balaban J connectivity index is 1.79. The van der Waals surface area contributed by atoms with Gasteiger partial charge in [-0.2, -0.15) is 0 Å². The minimum atomic E-state index is -1.11. The quantitative estimate of drug-likeness (QED) is 0.367. The molecule has 1 heterocycles. The number of benzene rings is 2. The number of amides is 2. The molecule has 3 aromatic rings. The number of hydrogen-bond acceptors (Lipinski definition) is 3. The number of rotatable bonds is 7. The molecule has 1 aliphatic rings. The number of nitrogens with zero attached hydrogens (tertiary/aromatic N) is 1. The summed E-state index contributed by atoms with van der Waals surface area (Å²) < 4.78 is 14.3. The molecule has 0 radical (unpaired) electrons. The largest absolute Gasteiger partial charge is 0.351 e. The molecule has 1 saturated carbocycles. The Hall–Kier alpha value is -2.41. The van der Waals surface area contributed by atoms with E-state index in [0.29, 0.717) is 15.6 Å². The molecule has 1 atom stereocenters. The fourth-order valence-corrected chi connectivity index (χ4v) is 5.46. The van der Waals surface area contributed by atoms with Gasteiger partial charge < -0.3 is 5.32 Å². The van der Waals surface area contributed by atoms with E-state index in [0.717, 1.165) is 37.0 Å². The van der Waals surface area contributed by atoms with Gasteiger partial charge in [0.05, 0.1) is 6.42 Å². The minimum Gasteiger partial charge on any atom is -0.351 e. The highest BCUT2D eigenvalue weighted by atomic mass is 35.5. The maximum atomic E-state index is 14.3. The summed E-state index contributed by atoms with van der Waals surface area (Å²) in [5.74, 6) is -1.21. The zero-order valence-corrected chi connectivity index (χ0v) is 20.8. The lowest BCUT2D eigenvalue weighted by atomic mass is 9.94. The van der Waals surface area contributed by atoms with Crippen molar-refractivity contribution in [1.82, 2.24) is 5.32 Å². The second-order valence-corrected chi connectivity index (χ2v) is 10.3. The molecule has 4 nitrogen and oxygen atoms in total. The Morgan fingerprint density at radius 1 is 1.06 bits per heavy atom. The van der Waals surface area contributed by atoms with Crippen LogP contribution >= 0.6 is 34.5 Å². The van der Waals surface area contributed by atoms with Gasteiger partial charge >= 0.3 is 0 Å². The molecule has 178 valence electrons. The summed E-state index contributed by atoms with van der Waals surface area (Å²) in [6, 6.07) is 13.2. The highest BCUT2D eigenvalue weighted by Gasteiger charge is 2.35. The molecule has 1 aliphatic carbocycles. The summed E-state index contributed by atoms with van der Waals surface area (Å²) in [7, 11) is 0. The average molecular weight is 519 g/mol. The number of nitrogens with one attached hydrogen (secondary N) is 1. The Bertz CT molecular complexity index is 1150. The summed E-state index contributed by atoms with van der Waals surface area (Å²) in [5.41, 5.74) is 0.674. The second-order valence-electron chi connectivity index (χ2n) is 8.41. The van der Waals surface area contributed by atoms with Crippen LogP contribution in [0.2, 0.25) is 10.0 Å². The van der Waals surface area contributed by atoms with Gasteiger partial charge in [0.15, 0.2) is 0 Å². The predicted octanol–water partition coefficient (Wildman–Crippen LogP) is 6.96. The maximum Gasteiger partial charge on any atom is 0.248 e. The lowest BCUT2D eigenvalue weighted by molar-refractivity contribution is -0.127. The summed E-state index contributed by atoms with van der Waals surface area (Å²) in [6.45, 7) is 0. The van der Waals surface area contributed by atoms with Crippen molar-refractivity contribution in [3.63, 3.8) is 0 Å². The van der Waals surface area contributed by atoms with Gasteiger partial charge in [-0.3, -0.25) is 14.5 Å². The van der Waals surface area contributed by atoms with Crippen LogP contribution in [-0.2, 0) is 16.0 Å². The maximum absolute atomic E-state index is 14.3. The van der Waals surface area contributed by atoms with E-state index in [1.54, 1.807) is 24.3 Å². The van der Waals surface area contributed by atoms with Gasteiger partial charge in [0.2, 0.25) is 11.8 Å². The van der Waals surface area contributed by atoms with Gasteiger partial charge in [-0.15, -0.1) is 11.3 Å². The summed E-state index contributed by atoms with van der Waals surface area (Å²) in [6.07, 6.45) is 5.05. The van der Waals surface area contributed by atoms with Gasteiger partial charge in [0.25, 0.3) is 0 Å². The van der Waals surface area contributed by atoms with Crippen molar-refractivity contribution in [2.75, 3.05) is 4.90 Å². The van der Waals surface area contributed by atoms with Crippen LogP contribution in [0, 0.1) is 5.82 Å². The van der Waals surface area contributed by atoms with Crippen molar-refractivity contribution < 1.29 is 14.0 Å². The van der Waals surface area contributed by atoms with E-state index in [-0.39, 0.29) is 30.0 Å². The molecule has 1 unspecified atom stereocenters. The van der Waals surface area contributed by atoms with Crippen LogP contribution in [-0.4, -0.2) is 17.9 Å². The third-order valence-corrected chi connectivity index (χ3v) is 7.43. The van der Waals surface area contributed by atoms with E-state index in [1.807, 2.05) is 17.5 Å². The summed E-state index contributed by atoms with van der Waals surface area (Å²) >= 11 is 14.3. The SMILES string of the molecule is O=C(NC1CCCCC1)C(c1cc(Cl)ccc1Cl)N(C(=O)Cc1cccs1)c1cccc(F)c1. The van der Waals surface area contributed by atoms with Gasteiger partial charge in [-0.05, 0) is 60.7 Å². The van der Waals surface area contributed by atoms with Gasteiger partial charge in [-0.1, -0.05) is 54.6 Å². The van der Waals surface area contributed by atoms with E-state index in [4.69, 9.17) is 23.2 Å². The molecule has 4 rings (SSSR count). The highest BCUT2D eigenvalue weighted by molar-refractivity contribution is 7.10. The molecule has 34 heavy (non-hydrogen) atoms. The molecule has 1 fully saturated rings. The number of anilines is 1. The van der Waals surface area contributed by atoms with Crippen LogP contribution in [0.1, 0.15) is 48.6 Å². The van der Waals surface area contributed by atoms with Gasteiger partial charge in [0.1, 0.15) is 11.9 Å². The molecule has 1 N–H and O–H groups in total. The molecule has 0 aliphatic heterocycles. The monoisotopic (exact) mass is 518 g/mol. The first kappa shape index (κ1) is 24.7. The summed E-state index contributed by atoms with van der Waals surface area (Å²) in [4.78, 5) is 29.7. The van der Waals surface area contributed by atoms with Gasteiger partial charge in [0, 0.05) is 32.2 Å². The van der Waals surface area contributed by atoms with Crippen molar-refractivity contribution in [1.29, 1.82) is 0 Å². The molecule has 0 spiro atoms. The fourth-order valence-electron chi connectivity index (χ4n) is 4.36.